The summed E-state index contributed by atoms with van der Waals surface area (Å²) in [5.74, 6) is 0. The van der Waals surface area contributed by atoms with Gasteiger partial charge in [0.1, 0.15) is 0 Å². The van der Waals surface area contributed by atoms with Gasteiger partial charge in [-0.1, -0.05) is 0 Å². The van der Waals surface area contributed by atoms with Crippen molar-refractivity contribution in [2.45, 2.75) is 0 Å². The Bertz CT molecular complexity index is 6.00. The van der Waals surface area contributed by atoms with E-state index < -0.39 is 0 Å². The number of hydrogen-bond acceptors (Lipinski definition) is 0. The van der Waals surface area contributed by atoms with Gasteiger partial charge in [-0.15, -0.1) is 0 Å². The van der Waals surface area contributed by atoms with E-state index in [9.17, 15) is 0 Å². The van der Waals surface area contributed by atoms with Crippen LogP contribution in [0.25, 0.3) is 0 Å². The Morgan fingerprint density at radius 1 is 1.00 bits per heavy atom. The van der Waals surface area contributed by atoms with Gasteiger partial charge >= 0.3 is 35.3 Å². The van der Waals surface area contributed by atoms with E-state index in [4.69, 9.17) is 0 Å². The third kappa shape index (κ3) is 8.83. The first kappa shape index (κ1) is 15.9. The van der Waals surface area contributed by atoms with Crippen LogP contribution in [0.1, 0.15) is 0 Å². The van der Waals surface area contributed by atoms with E-state index in [0.29, 0.717) is 0 Å². The van der Waals surface area contributed by atoms with Crippen molar-refractivity contribution in [1.82, 2.24) is 0 Å². The molecule has 44 valence electrons. The summed E-state index contributed by atoms with van der Waals surface area (Å²) in [5, 5.41) is 0. The fraction of sp³-hybridized carbons (Fsp3) is 0. The van der Waals surface area contributed by atoms with E-state index in [1.807, 2.05) is 0 Å². The Hall–Kier alpha value is 2.74. The smallest absolute Gasteiger partial charge is 0 e. The second-order valence-corrected chi connectivity index (χ2v) is 0. The molecule has 0 heterocycles. The summed E-state index contributed by atoms with van der Waals surface area (Å²) in [4.78, 5) is 0. The SMILES string of the molecule is [Ag].[Au][Au].[Cu]. The first-order chi connectivity index (χ1) is 1.00. The Morgan fingerprint density at radius 2 is 1.00 bits per heavy atom. The molecule has 0 N–H and O–H groups in total. The van der Waals surface area contributed by atoms with Crippen LogP contribution in [-0.2, 0) is 74.7 Å². The van der Waals surface area contributed by atoms with Gasteiger partial charge < -0.3 is 0 Å². The van der Waals surface area contributed by atoms with Gasteiger partial charge in [0.25, 0.3) is 0 Å². The molecule has 0 saturated carbocycles. The van der Waals surface area contributed by atoms with Crippen LogP contribution in [0.2, 0.25) is 0 Å². The maximum atomic E-state index is 2.22. The van der Waals surface area contributed by atoms with Gasteiger partial charge in [0.2, 0.25) is 0 Å². The number of rotatable bonds is 0. The van der Waals surface area contributed by atoms with Crippen LogP contribution in [0, 0.1) is 0 Å². The van der Waals surface area contributed by atoms with Crippen LogP contribution in [0.15, 0.2) is 0 Å². The molecule has 0 aromatic rings. The molecule has 4 heteroatoms. The Balaban J connectivity index is -0.00000000500. The van der Waals surface area contributed by atoms with Crippen LogP contribution in [0.4, 0.5) is 0 Å². The van der Waals surface area contributed by atoms with E-state index >= 15 is 0 Å². The molecule has 0 rings (SSSR count). The predicted octanol–water partition coefficient (Wildman–Crippen LogP) is -0.0100. The first-order valence-corrected chi connectivity index (χ1v) is 6.09. The molecule has 0 unspecified atom stereocenters. The molecule has 0 aliphatic rings. The molecule has 2 radical (unpaired) electrons. The molecule has 0 nitrogen and oxygen atoms in total. The normalized spacial score (nSPS) is 2.00. The van der Waals surface area contributed by atoms with Gasteiger partial charge in [-0.2, -0.15) is 0 Å². The molecule has 0 spiro atoms. The minimum atomic E-state index is 0. The van der Waals surface area contributed by atoms with E-state index in [1.165, 1.54) is 0 Å². The third-order valence-electron chi connectivity index (χ3n) is 0. The summed E-state index contributed by atoms with van der Waals surface area (Å²) in [7, 11) is 0. The second kappa shape index (κ2) is 17.2. The predicted molar refractivity (Wildman–Crippen MR) is 0 cm³/mol. The summed E-state index contributed by atoms with van der Waals surface area (Å²) in [6, 6.07) is 0. The van der Waals surface area contributed by atoms with E-state index in [2.05, 4.69) is 35.3 Å². The van der Waals surface area contributed by atoms with Crippen LogP contribution < -0.4 is 0 Å². The van der Waals surface area contributed by atoms with Crippen molar-refractivity contribution in [1.29, 1.82) is 0 Å². The zero-order valence-electron chi connectivity index (χ0n) is 1.21. The summed E-state index contributed by atoms with van der Waals surface area (Å²) in [6.07, 6.45) is 0. The molecule has 0 amide bonds. The van der Waals surface area contributed by atoms with Gasteiger partial charge in [-0.3, -0.25) is 0 Å². The first-order valence-electron chi connectivity index (χ1n) is 0.0909. The van der Waals surface area contributed by atoms with E-state index in [-0.39, 0.29) is 39.4 Å². The van der Waals surface area contributed by atoms with Crippen LogP contribution in [0.3, 0.4) is 0 Å². The standard InChI is InChI=1S/Ag.2Au.Cu. The Morgan fingerprint density at radius 3 is 1.00 bits per heavy atom. The van der Waals surface area contributed by atoms with Crippen molar-refractivity contribution in [3.63, 3.8) is 0 Å². The average Bonchev–Trinajstić information content (AvgIpc) is 1.00. The fourth-order valence-electron chi connectivity index (χ4n) is 0. The van der Waals surface area contributed by atoms with Crippen molar-refractivity contribution >= 4 is 0 Å². The van der Waals surface area contributed by atoms with Crippen molar-refractivity contribution in [2.75, 3.05) is 0 Å². The molecule has 0 aliphatic heterocycles. The average molecular weight is 565 g/mol. The summed E-state index contributed by atoms with van der Waals surface area (Å²) < 4.78 is 0. The second-order valence-electron chi connectivity index (χ2n) is 0. The molecule has 0 fully saturated rings. The van der Waals surface area contributed by atoms with Gasteiger partial charge in [0.15, 0.2) is 0 Å². The van der Waals surface area contributed by atoms with Crippen molar-refractivity contribution in [2.24, 2.45) is 0 Å². The molecule has 0 aliphatic carbocycles. The minimum Gasteiger partial charge on any atom is 0 e. The molecule has 0 bridgehead atoms. The summed E-state index contributed by atoms with van der Waals surface area (Å²) >= 11 is 4.44. The van der Waals surface area contributed by atoms with Gasteiger partial charge in [-0.25, -0.2) is 0 Å². The van der Waals surface area contributed by atoms with Gasteiger partial charge in [0.05, 0.1) is 0 Å². The molecule has 0 saturated heterocycles. The Labute approximate surface area is 73.4 Å². The Kier molecular flexibility index (Phi) is 68.2. The maximum absolute atomic E-state index is 2.22. The zero-order chi connectivity index (χ0) is 2.00. The molecule has 4 heavy (non-hydrogen) atoms. The zero-order valence-corrected chi connectivity index (χ0v) is 7.96. The van der Waals surface area contributed by atoms with Crippen molar-refractivity contribution in [3.8, 4) is 0 Å². The van der Waals surface area contributed by atoms with E-state index in [1.54, 1.807) is 0 Å². The van der Waals surface area contributed by atoms with E-state index in [0.717, 1.165) is 0 Å². The van der Waals surface area contributed by atoms with Gasteiger partial charge in [0, 0.05) is 39.4 Å². The molecular formula is AgAu2Cu. The topological polar surface area (TPSA) is 0 Å². The van der Waals surface area contributed by atoms with Crippen molar-refractivity contribution < 1.29 is 74.7 Å². The van der Waals surface area contributed by atoms with Crippen LogP contribution in [-0.4, -0.2) is 0 Å². The largest absolute Gasteiger partial charge is 0 e. The van der Waals surface area contributed by atoms with Gasteiger partial charge in [-0.05, 0) is 0 Å². The third-order valence-corrected chi connectivity index (χ3v) is 0. The molecule has 0 atom stereocenters. The molecule has 0 aromatic heterocycles. The monoisotopic (exact) mass is 564 g/mol. The summed E-state index contributed by atoms with van der Waals surface area (Å²) in [5.41, 5.74) is 0. The fourth-order valence-corrected chi connectivity index (χ4v) is 0. The molecule has 0 aromatic carbocycles. The summed E-state index contributed by atoms with van der Waals surface area (Å²) in [6.45, 7) is 0. The quantitative estimate of drug-likeness (QED) is 0.363. The molecular weight excluding hydrogens is 565 g/mol. The van der Waals surface area contributed by atoms with Crippen LogP contribution >= 0.6 is 0 Å². The number of hydrogen-bond donors (Lipinski definition) is 0. The minimum absolute atomic E-state index is 0. The van der Waals surface area contributed by atoms with Crippen LogP contribution in [0.5, 0.6) is 0 Å². The maximum Gasteiger partial charge on any atom is 0 e. The van der Waals surface area contributed by atoms with Crippen molar-refractivity contribution in [3.05, 3.63) is 0 Å².